The highest BCUT2D eigenvalue weighted by molar-refractivity contribution is 5.79. The lowest BCUT2D eigenvalue weighted by molar-refractivity contribution is -0.134. The molecule has 1 aliphatic rings. The highest BCUT2D eigenvalue weighted by Gasteiger charge is 2.16. The summed E-state index contributed by atoms with van der Waals surface area (Å²) in [5.41, 5.74) is 3.77. The normalized spacial score (nSPS) is 14.3. The molecule has 1 fully saturated rings. The second-order valence-corrected chi connectivity index (χ2v) is 6.23. The molecule has 0 spiro atoms. The van der Waals surface area contributed by atoms with E-state index in [9.17, 15) is 4.79 Å². The Labute approximate surface area is 153 Å². The minimum absolute atomic E-state index is 0.143. The van der Waals surface area contributed by atoms with Gasteiger partial charge in [-0.1, -0.05) is 26.0 Å². The van der Waals surface area contributed by atoms with Crippen molar-refractivity contribution in [3.63, 3.8) is 0 Å². The Hall–Kier alpha value is -2.54. The summed E-state index contributed by atoms with van der Waals surface area (Å²) in [4.78, 5) is 18.7. The Balaban J connectivity index is 1.61. The number of anilines is 2. The van der Waals surface area contributed by atoms with E-state index < -0.39 is 0 Å². The van der Waals surface area contributed by atoms with E-state index in [0.717, 1.165) is 35.5 Å². The van der Waals surface area contributed by atoms with E-state index in [2.05, 4.69) is 34.3 Å². The number of amides is 1. The molecule has 26 heavy (non-hydrogen) atoms. The molecule has 0 saturated carbocycles. The SMILES string of the molecule is CCc1nnc(Nc2ccc(CC(=O)N3CCOCC3)cc2)nc1CC. The summed E-state index contributed by atoms with van der Waals surface area (Å²) in [7, 11) is 0. The van der Waals surface area contributed by atoms with Gasteiger partial charge in [0.1, 0.15) is 0 Å². The average molecular weight is 355 g/mol. The smallest absolute Gasteiger partial charge is 0.247 e. The molecule has 1 saturated heterocycles. The fourth-order valence-corrected chi connectivity index (χ4v) is 2.93. The average Bonchev–Trinajstić information content (AvgIpc) is 2.70. The number of aromatic nitrogens is 3. The minimum atomic E-state index is 0.143. The highest BCUT2D eigenvalue weighted by Crippen LogP contribution is 2.16. The van der Waals surface area contributed by atoms with E-state index in [-0.39, 0.29) is 5.91 Å². The summed E-state index contributed by atoms with van der Waals surface area (Å²) in [6.07, 6.45) is 2.06. The van der Waals surface area contributed by atoms with Crippen molar-refractivity contribution in [1.82, 2.24) is 20.1 Å². The number of carbonyl (C=O) groups excluding carboxylic acids is 1. The Morgan fingerprint density at radius 3 is 2.42 bits per heavy atom. The van der Waals surface area contributed by atoms with Gasteiger partial charge in [-0.2, -0.15) is 0 Å². The zero-order valence-electron chi connectivity index (χ0n) is 15.4. The monoisotopic (exact) mass is 355 g/mol. The maximum absolute atomic E-state index is 12.3. The second-order valence-electron chi connectivity index (χ2n) is 6.23. The van der Waals surface area contributed by atoms with Crippen LogP contribution in [-0.4, -0.2) is 52.3 Å². The van der Waals surface area contributed by atoms with Gasteiger partial charge in [-0.15, -0.1) is 10.2 Å². The lowest BCUT2D eigenvalue weighted by Gasteiger charge is -2.26. The van der Waals surface area contributed by atoms with Gasteiger partial charge in [0, 0.05) is 18.8 Å². The molecule has 0 aliphatic carbocycles. The Kier molecular flexibility index (Phi) is 6.12. The summed E-state index contributed by atoms with van der Waals surface area (Å²) in [6.45, 7) is 6.72. The number of nitrogens with one attached hydrogen (secondary N) is 1. The van der Waals surface area contributed by atoms with Gasteiger partial charge in [-0.05, 0) is 30.5 Å². The Morgan fingerprint density at radius 2 is 1.77 bits per heavy atom. The van der Waals surface area contributed by atoms with Gasteiger partial charge in [-0.25, -0.2) is 4.98 Å². The number of aryl methyl sites for hydroxylation is 2. The molecule has 1 aromatic carbocycles. The molecule has 7 heteroatoms. The van der Waals surface area contributed by atoms with Gasteiger partial charge in [0.15, 0.2) is 0 Å². The first-order valence-electron chi connectivity index (χ1n) is 9.13. The number of hydrogen-bond acceptors (Lipinski definition) is 6. The van der Waals surface area contributed by atoms with Gasteiger partial charge in [0.2, 0.25) is 11.9 Å². The van der Waals surface area contributed by atoms with Crippen molar-refractivity contribution in [2.75, 3.05) is 31.6 Å². The number of carbonyl (C=O) groups is 1. The molecule has 2 aromatic rings. The van der Waals surface area contributed by atoms with Gasteiger partial charge >= 0.3 is 0 Å². The van der Waals surface area contributed by atoms with E-state index in [1.54, 1.807) is 0 Å². The maximum Gasteiger partial charge on any atom is 0.247 e. The molecule has 0 atom stereocenters. The summed E-state index contributed by atoms with van der Waals surface area (Å²) >= 11 is 0. The van der Waals surface area contributed by atoms with Crippen LogP contribution in [0.3, 0.4) is 0 Å². The minimum Gasteiger partial charge on any atom is -0.378 e. The number of rotatable bonds is 6. The summed E-state index contributed by atoms with van der Waals surface area (Å²) in [6, 6.07) is 7.78. The van der Waals surface area contributed by atoms with Crippen molar-refractivity contribution in [3.05, 3.63) is 41.2 Å². The molecule has 2 heterocycles. The number of nitrogens with zero attached hydrogens (tertiary/aromatic N) is 4. The van der Waals surface area contributed by atoms with Crippen molar-refractivity contribution in [2.45, 2.75) is 33.1 Å². The van der Waals surface area contributed by atoms with E-state index >= 15 is 0 Å². The quantitative estimate of drug-likeness (QED) is 0.855. The van der Waals surface area contributed by atoms with Gasteiger partial charge in [0.05, 0.1) is 31.0 Å². The van der Waals surface area contributed by atoms with E-state index in [1.807, 2.05) is 29.2 Å². The maximum atomic E-state index is 12.3. The number of morpholine rings is 1. The van der Waals surface area contributed by atoms with Crippen LogP contribution in [0.25, 0.3) is 0 Å². The van der Waals surface area contributed by atoms with Crippen molar-refractivity contribution in [1.29, 1.82) is 0 Å². The predicted octanol–water partition coefficient (Wildman–Crippen LogP) is 2.14. The predicted molar refractivity (Wildman–Crippen MR) is 99.4 cm³/mol. The van der Waals surface area contributed by atoms with Crippen molar-refractivity contribution in [3.8, 4) is 0 Å². The number of hydrogen-bond donors (Lipinski definition) is 1. The van der Waals surface area contributed by atoms with Crippen LogP contribution in [0, 0.1) is 0 Å². The molecule has 1 aliphatic heterocycles. The van der Waals surface area contributed by atoms with Crippen molar-refractivity contribution in [2.24, 2.45) is 0 Å². The molecule has 0 bridgehead atoms. The van der Waals surface area contributed by atoms with Crippen LogP contribution in [-0.2, 0) is 28.8 Å². The molecule has 7 nitrogen and oxygen atoms in total. The van der Waals surface area contributed by atoms with Crippen LogP contribution in [0.15, 0.2) is 24.3 Å². The topological polar surface area (TPSA) is 80.2 Å². The molecule has 1 N–H and O–H groups in total. The first-order valence-corrected chi connectivity index (χ1v) is 9.13. The molecule has 1 aromatic heterocycles. The number of benzene rings is 1. The molecule has 0 radical (unpaired) electrons. The summed E-state index contributed by atoms with van der Waals surface area (Å²) < 4.78 is 5.28. The third kappa shape index (κ3) is 4.54. The summed E-state index contributed by atoms with van der Waals surface area (Å²) in [5.74, 6) is 0.639. The highest BCUT2D eigenvalue weighted by atomic mass is 16.5. The Bertz CT molecular complexity index is 742. The second kappa shape index (κ2) is 8.71. The van der Waals surface area contributed by atoms with Crippen LogP contribution in [0.5, 0.6) is 0 Å². The third-order valence-electron chi connectivity index (χ3n) is 4.44. The van der Waals surface area contributed by atoms with Crippen LogP contribution in [0.1, 0.15) is 30.8 Å². The van der Waals surface area contributed by atoms with E-state index in [0.29, 0.717) is 38.7 Å². The fourth-order valence-electron chi connectivity index (χ4n) is 2.93. The molecule has 138 valence electrons. The first-order chi connectivity index (χ1) is 12.7. The first kappa shape index (κ1) is 18.3. The van der Waals surface area contributed by atoms with Gasteiger partial charge in [-0.3, -0.25) is 4.79 Å². The van der Waals surface area contributed by atoms with E-state index in [1.165, 1.54) is 0 Å². The fraction of sp³-hybridized carbons (Fsp3) is 0.474. The van der Waals surface area contributed by atoms with Crippen molar-refractivity contribution < 1.29 is 9.53 Å². The zero-order valence-corrected chi connectivity index (χ0v) is 15.4. The van der Waals surface area contributed by atoms with Crippen molar-refractivity contribution >= 4 is 17.5 Å². The molecule has 0 unspecified atom stereocenters. The molecular weight excluding hydrogens is 330 g/mol. The van der Waals surface area contributed by atoms with Crippen LogP contribution >= 0.6 is 0 Å². The van der Waals surface area contributed by atoms with Gasteiger partial charge < -0.3 is 15.0 Å². The van der Waals surface area contributed by atoms with Crippen LogP contribution < -0.4 is 5.32 Å². The van der Waals surface area contributed by atoms with E-state index in [4.69, 9.17) is 4.74 Å². The Morgan fingerprint density at radius 1 is 1.08 bits per heavy atom. The molecule has 3 rings (SSSR count). The zero-order chi connectivity index (χ0) is 18.4. The van der Waals surface area contributed by atoms with Gasteiger partial charge in [0.25, 0.3) is 0 Å². The largest absolute Gasteiger partial charge is 0.378 e. The third-order valence-corrected chi connectivity index (χ3v) is 4.44. The lowest BCUT2D eigenvalue weighted by Crippen LogP contribution is -2.41. The number of ether oxygens (including phenoxy) is 1. The molecular formula is C19H25N5O2. The van der Waals surface area contributed by atoms with Crippen LogP contribution in [0.2, 0.25) is 0 Å². The summed E-state index contributed by atoms with van der Waals surface area (Å²) in [5, 5.41) is 11.6. The standard InChI is InChI=1S/C19H25N5O2/c1-3-16-17(4-2)22-23-19(21-16)20-15-7-5-14(6-8-15)13-18(25)24-9-11-26-12-10-24/h5-8H,3-4,9-13H2,1-2H3,(H,20,21,23). The van der Waals surface area contributed by atoms with Crippen LogP contribution in [0.4, 0.5) is 11.6 Å². The lowest BCUT2D eigenvalue weighted by atomic mass is 10.1. The molecule has 1 amide bonds.